The average molecular weight is 750 g/mol. The number of fused-ring (bicyclic) bond motifs is 6. The second-order valence-corrected chi connectivity index (χ2v) is 17.4. The van der Waals surface area contributed by atoms with E-state index in [0.717, 1.165) is 66.4 Å². The molecule has 0 aliphatic rings. The minimum Gasteiger partial charge on any atom is -0.310 e. The smallest absolute Gasteiger partial charge is 0.0991 e. The van der Waals surface area contributed by atoms with Gasteiger partial charge in [0, 0.05) is 33.5 Å². The van der Waals surface area contributed by atoms with Gasteiger partial charge >= 0.3 is 0 Å². The molecule has 0 N–H and O–H groups in total. The van der Waals surface area contributed by atoms with Crippen LogP contribution in [0.15, 0.2) is 176 Å². The molecule has 0 saturated carbocycles. The van der Waals surface area contributed by atoms with Gasteiger partial charge in [-0.15, -0.1) is 0 Å². The van der Waals surface area contributed by atoms with Gasteiger partial charge in [-0.1, -0.05) is 145 Å². The highest BCUT2D eigenvalue weighted by Gasteiger charge is 2.24. The Morgan fingerprint density at radius 2 is 0.828 bits per heavy atom. The lowest BCUT2D eigenvalue weighted by Gasteiger charge is -2.30. The molecular formula is C55H47N3. The van der Waals surface area contributed by atoms with E-state index < -0.39 is 0 Å². The molecule has 0 aliphatic heterocycles. The molecule has 0 aromatic heterocycles. The van der Waals surface area contributed by atoms with Gasteiger partial charge in [-0.3, -0.25) is 0 Å². The highest BCUT2D eigenvalue weighted by Crippen LogP contribution is 2.48. The minimum absolute atomic E-state index is 0.0272. The zero-order valence-corrected chi connectivity index (χ0v) is 34.1. The molecule has 3 nitrogen and oxygen atoms in total. The monoisotopic (exact) mass is 749 g/mol. The van der Waals surface area contributed by atoms with Crippen molar-refractivity contribution in [1.82, 2.24) is 0 Å². The predicted molar refractivity (Wildman–Crippen MR) is 248 cm³/mol. The zero-order chi connectivity index (χ0) is 40.2. The number of para-hydroxylation sites is 1. The van der Waals surface area contributed by atoms with Crippen molar-refractivity contribution in [2.45, 2.75) is 52.4 Å². The molecule has 0 radical (unpaired) electrons. The van der Waals surface area contributed by atoms with Crippen molar-refractivity contribution in [3.8, 4) is 6.07 Å². The number of anilines is 6. The Hall–Kier alpha value is -6.89. The molecule has 282 valence electrons. The van der Waals surface area contributed by atoms with E-state index in [1.807, 2.05) is 6.07 Å². The molecule has 0 atom stereocenters. The standard InChI is InChI=1S/C55H47N3/c1-54(2,3)40-22-27-43(28-23-40)57(42-16-8-7-9-17-42)53-35-49-46-18-12-13-19-48(46)52(34-50(49)47-31-20-37(36-56)32-51(47)53)58(44-29-24-41(25-30-44)55(4,5)6)45-26-21-38-14-10-11-15-39(38)33-45/h7-35H,1-6H3. The Labute approximate surface area is 342 Å². The van der Waals surface area contributed by atoms with Gasteiger partial charge in [0.15, 0.2) is 0 Å². The molecule has 0 saturated heterocycles. The van der Waals surface area contributed by atoms with Gasteiger partial charge in [-0.25, -0.2) is 0 Å². The SMILES string of the molecule is CC(C)(C)c1ccc(N(c2ccc3ccccc3c2)c2cc3c4ccc(C#N)cc4c(N(c4ccccc4)c4ccc(C(C)(C)C)cc4)cc3c3ccccc23)cc1. The summed E-state index contributed by atoms with van der Waals surface area (Å²) >= 11 is 0. The molecule has 3 heteroatoms. The van der Waals surface area contributed by atoms with Crippen molar-refractivity contribution in [2.75, 3.05) is 9.80 Å². The van der Waals surface area contributed by atoms with Crippen LogP contribution in [0.3, 0.4) is 0 Å². The third-order valence-corrected chi connectivity index (χ3v) is 11.5. The van der Waals surface area contributed by atoms with Crippen molar-refractivity contribution in [2.24, 2.45) is 0 Å². The van der Waals surface area contributed by atoms with Crippen LogP contribution in [0.1, 0.15) is 58.2 Å². The summed E-state index contributed by atoms with van der Waals surface area (Å²) in [4.78, 5) is 4.76. The molecule has 0 unspecified atom stereocenters. The van der Waals surface area contributed by atoms with E-state index in [1.165, 1.54) is 21.9 Å². The lowest BCUT2D eigenvalue weighted by atomic mass is 9.87. The van der Waals surface area contributed by atoms with Crippen LogP contribution >= 0.6 is 0 Å². The summed E-state index contributed by atoms with van der Waals surface area (Å²) in [5.41, 5.74) is 9.67. The molecule has 0 bridgehead atoms. The Morgan fingerprint density at radius 3 is 1.41 bits per heavy atom. The number of hydrogen-bond donors (Lipinski definition) is 0. The number of nitrogens with zero attached hydrogens (tertiary/aromatic N) is 3. The van der Waals surface area contributed by atoms with Crippen molar-refractivity contribution in [1.29, 1.82) is 5.26 Å². The quantitative estimate of drug-likeness (QED) is 0.159. The summed E-state index contributed by atoms with van der Waals surface area (Å²) in [6, 6.07) is 66.0. The first-order valence-electron chi connectivity index (χ1n) is 20.2. The zero-order valence-electron chi connectivity index (χ0n) is 34.1. The fraction of sp³-hybridized carbons (Fsp3) is 0.145. The van der Waals surface area contributed by atoms with Crippen LogP contribution in [0.25, 0.3) is 43.1 Å². The van der Waals surface area contributed by atoms with Gasteiger partial charge in [0.1, 0.15) is 0 Å². The van der Waals surface area contributed by atoms with Crippen LogP contribution in [-0.2, 0) is 10.8 Å². The normalized spacial score (nSPS) is 11.9. The average Bonchev–Trinajstić information content (AvgIpc) is 3.24. The Morgan fingerprint density at radius 1 is 0.362 bits per heavy atom. The van der Waals surface area contributed by atoms with Gasteiger partial charge in [0.25, 0.3) is 0 Å². The summed E-state index contributed by atoms with van der Waals surface area (Å²) in [7, 11) is 0. The molecule has 0 spiro atoms. The van der Waals surface area contributed by atoms with E-state index in [0.29, 0.717) is 5.56 Å². The fourth-order valence-electron chi connectivity index (χ4n) is 8.37. The molecule has 0 amide bonds. The third kappa shape index (κ3) is 6.61. The van der Waals surface area contributed by atoms with Crippen molar-refractivity contribution in [3.05, 3.63) is 193 Å². The first-order chi connectivity index (χ1) is 28.0. The maximum Gasteiger partial charge on any atom is 0.0991 e. The fourth-order valence-corrected chi connectivity index (χ4v) is 8.37. The van der Waals surface area contributed by atoms with Gasteiger partial charge in [-0.05, 0) is 127 Å². The molecule has 9 aromatic carbocycles. The molecule has 0 aliphatic carbocycles. The Kier molecular flexibility index (Phi) is 9.02. The summed E-state index contributed by atoms with van der Waals surface area (Å²) in [5, 5.41) is 19.4. The molecule has 0 fully saturated rings. The van der Waals surface area contributed by atoms with Gasteiger partial charge in [-0.2, -0.15) is 5.26 Å². The molecule has 0 heterocycles. The van der Waals surface area contributed by atoms with Crippen LogP contribution in [0.2, 0.25) is 0 Å². The number of rotatable bonds is 6. The number of hydrogen-bond acceptors (Lipinski definition) is 3. The second-order valence-electron chi connectivity index (χ2n) is 17.4. The Balaban J connectivity index is 1.36. The van der Waals surface area contributed by atoms with Gasteiger partial charge in [0.2, 0.25) is 0 Å². The maximum absolute atomic E-state index is 10.3. The van der Waals surface area contributed by atoms with Crippen molar-refractivity contribution in [3.63, 3.8) is 0 Å². The summed E-state index contributed by atoms with van der Waals surface area (Å²) in [5.74, 6) is 0. The van der Waals surface area contributed by atoms with E-state index >= 15 is 0 Å². The second kappa shape index (κ2) is 14.2. The van der Waals surface area contributed by atoms with Crippen LogP contribution in [0.4, 0.5) is 34.1 Å². The lowest BCUT2D eigenvalue weighted by molar-refractivity contribution is 0.590. The van der Waals surface area contributed by atoms with Crippen LogP contribution in [0.5, 0.6) is 0 Å². The third-order valence-electron chi connectivity index (χ3n) is 11.5. The highest BCUT2D eigenvalue weighted by atomic mass is 15.2. The predicted octanol–water partition coefficient (Wildman–Crippen LogP) is 15.7. The van der Waals surface area contributed by atoms with Gasteiger partial charge in [0.05, 0.1) is 23.0 Å². The topological polar surface area (TPSA) is 30.3 Å². The van der Waals surface area contributed by atoms with E-state index in [4.69, 9.17) is 0 Å². The highest BCUT2D eigenvalue weighted by molar-refractivity contribution is 6.24. The molecule has 9 aromatic rings. The summed E-state index contributed by atoms with van der Waals surface area (Å²) in [6.45, 7) is 13.5. The van der Waals surface area contributed by atoms with Gasteiger partial charge < -0.3 is 9.80 Å². The molecule has 9 rings (SSSR count). The minimum atomic E-state index is 0.0272. The Bertz CT molecular complexity index is 3010. The molecular weight excluding hydrogens is 703 g/mol. The van der Waals surface area contributed by atoms with Crippen LogP contribution in [-0.4, -0.2) is 0 Å². The van der Waals surface area contributed by atoms with E-state index in [9.17, 15) is 5.26 Å². The first kappa shape index (κ1) is 36.7. The van der Waals surface area contributed by atoms with Crippen LogP contribution in [0, 0.1) is 11.3 Å². The maximum atomic E-state index is 10.3. The first-order valence-corrected chi connectivity index (χ1v) is 20.2. The summed E-state index contributed by atoms with van der Waals surface area (Å²) in [6.07, 6.45) is 0. The lowest BCUT2D eigenvalue weighted by Crippen LogP contribution is -2.14. The number of nitriles is 1. The summed E-state index contributed by atoms with van der Waals surface area (Å²) < 4.78 is 0. The molecule has 58 heavy (non-hydrogen) atoms. The van der Waals surface area contributed by atoms with E-state index in [1.54, 1.807) is 0 Å². The number of benzene rings is 9. The van der Waals surface area contributed by atoms with E-state index in [2.05, 4.69) is 227 Å². The van der Waals surface area contributed by atoms with Crippen LogP contribution < -0.4 is 9.80 Å². The van der Waals surface area contributed by atoms with Crippen molar-refractivity contribution < 1.29 is 0 Å². The van der Waals surface area contributed by atoms with E-state index in [-0.39, 0.29) is 10.8 Å². The largest absolute Gasteiger partial charge is 0.310 e. The van der Waals surface area contributed by atoms with Crippen molar-refractivity contribution >= 4 is 77.2 Å².